The largest absolute Gasteiger partial charge is 0.480 e. The summed E-state index contributed by atoms with van der Waals surface area (Å²) >= 11 is 0. The van der Waals surface area contributed by atoms with E-state index in [1.165, 1.54) is 5.56 Å². The number of carboxylic acid groups (broad SMARTS) is 1. The predicted octanol–water partition coefficient (Wildman–Crippen LogP) is 1.10. The molecule has 1 atom stereocenters. The second-order valence-electron chi connectivity index (χ2n) is 4.80. The van der Waals surface area contributed by atoms with Crippen molar-refractivity contribution in [1.82, 2.24) is 10.2 Å². The molecule has 1 amide bonds. The summed E-state index contributed by atoms with van der Waals surface area (Å²) in [6, 6.07) is 10.3. The third-order valence-corrected chi connectivity index (χ3v) is 3.35. The van der Waals surface area contributed by atoms with Gasteiger partial charge in [0, 0.05) is 6.54 Å². The first-order chi connectivity index (χ1) is 9.15. The summed E-state index contributed by atoms with van der Waals surface area (Å²) in [5.41, 5.74) is 1.30. The van der Waals surface area contributed by atoms with Gasteiger partial charge in [0.05, 0.1) is 6.54 Å². The monoisotopic (exact) mass is 298 g/mol. The van der Waals surface area contributed by atoms with E-state index in [9.17, 15) is 9.59 Å². The van der Waals surface area contributed by atoms with Crippen molar-refractivity contribution in [3.8, 4) is 0 Å². The van der Waals surface area contributed by atoms with Gasteiger partial charge in [0.15, 0.2) is 0 Å². The van der Waals surface area contributed by atoms with Crippen LogP contribution in [-0.4, -0.2) is 48.1 Å². The number of carbonyl (C=O) groups is 2. The van der Waals surface area contributed by atoms with Crippen molar-refractivity contribution in [3.05, 3.63) is 35.9 Å². The average molecular weight is 299 g/mol. The van der Waals surface area contributed by atoms with Gasteiger partial charge in [0.1, 0.15) is 6.54 Å². The number of amides is 1. The molecule has 2 rings (SSSR count). The maximum Gasteiger partial charge on any atom is 0.322 e. The summed E-state index contributed by atoms with van der Waals surface area (Å²) in [7, 11) is 0. The van der Waals surface area contributed by atoms with E-state index < -0.39 is 5.97 Å². The summed E-state index contributed by atoms with van der Waals surface area (Å²) in [6.45, 7) is 1.69. The molecular weight excluding hydrogens is 280 g/mol. The fourth-order valence-electron chi connectivity index (χ4n) is 2.41. The summed E-state index contributed by atoms with van der Waals surface area (Å²) in [5, 5.41) is 10.9. The number of carbonyl (C=O) groups excluding carboxylic acids is 1. The van der Waals surface area contributed by atoms with Gasteiger partial charge < -0.3 is 10.4 Å². The normalized spacial score (nSPS) is 18.3. The van der Waals surface area contributed by atoms with Crippen molar-refractivity contribution in [2.24, 2.45) is 0 Å². The number of carboxylic acids is 1. The Balaban J connectivity index is 0.00000200. The quantitative estimate of drug-likeness (QED) is 0.854. The minimum absolute atomic E-state index is 0. The molecule has 1 aromatic rings. The van der Waals surface area contributed by atoms with E-state index >= 15 is 0 Å². The topological polar surface area (TPSA) is 69.6 Å². The van der Waals surface area contributed by atoms with Gasteiger partial charge >= 0.3 is 5.97 Å². The summed E-state index contributed by atoms with van der Waals surface area (Å²) in [5.74, 6) is -0.776. The molecule has 0 bridgehead atoms. The number of nitrogens with zero attached hydrogens (tertiary/aromatic N) is 1. The van der Waals surface area contributed by atoms with Gasteiger partial charge in [-0.25, -0.2) is 0 Å². The summed E-state index contributed by atoms with van der Waals surface area (Å²) in [4.78, 5) is 23.9. The lowest BCUT2D eigenvalue weighted by atomic mass is 9.99. The van der Waals surface area contributed by atoms with E-state index in [-0.39, 0.29) is 31.4 Å². The van der Waals surface area contributed by atoms with Crippen LogP contribution in [0.3, 0.4) is 0 Å². The number of rotatable bonds is 5. The Kier molecular flexibility index (Phi) is 6.48. The molecule has 110 valence electrons. The molecule has 1 aromatic carbocycles. The smallest absolute Gasteiger partial charge is 0.322 e. The Labute approximate surface area is 124 Å². The van der Waals surface area contributed by atoms with Crippen molar-refractivity contribution < 1.29 is 14.7 Å². The van der Waals surface area contributed by atoms with Crippen molar-refractivity contribution >= 4 is 24.3 Å². The van der Waals surface area contributed by atoms with Crippen LogP contribution in [0.15, 0.2) is 30.3 Å². The molecule has 1 saturated heterocycles. The van der Waals surface area contributed by atoms with Gasteiger partial charge in [-0.2, -0.15) is 0 Å². The highest BCUT2D eigenvalue weighted by Crippen LogP contribution is 2.26. The van der Waals surface area contributed by atoms with Crippen LogP contribution in [0.1, 0.15) is 17.9 Å². The van der Waals surface area contributed by atoms with Crippen molar-refractivity contribution in [3.63, 3.8) is 0 Å². The molecule has 0 saturated carbocycles. The Hall–Kier alpha value is -1.59. The van der Waals surface area contributed by atoms with Crippen LogP contribution in [0.4, 0.5) is 0 Å². The lowest BCUT2D eigenvalue weighted by Crippen LogP contribution is -2.38. The molecule has 1 aliphatic heterocycles. The first kappa shape index (κ1) is 16.5. The zero-order chi connectivity index (χ0) is 13.7. The molecule has 20 heavy (non-hydrogen) atoms. The van der Waals surface area contributed by atoms with E-state index in [0.717, 1.165) is 19.5 Å². The van der Waals surface area contributed by atoms with E-state index in [4.69, 9.17) is 5.11 Å². The van der Waals surface area contributed by atoms with Crippen LogP contribution in [-0.2, 0) is 9.59 Å². The predicted molar refractivity (Wildman–Crippen MR) is 78.1 cm³/mol. The van der Waals surface area contributed by atoms with Crippen LogP contribution in [0.2, 0.25) is 0 Å². The number of hydrogen-bond acceptors (Lipinski definition) is 3. The van der Waals surface area contributed by atoms with Crippen LogP contribution >= 0.6 is 12.4 Å². The minimum atomic E-state index is -1.02. The van der Waals surface area contributed by atoms with Gasteiger partial charge in [-0.05, 0) is 24.4 Å². The molecule has 6 heteroatoms. The second kappa shape index (κ2) is 7.87. The van der Waals surface area contributed by atoms with E-state index in [0.29, 0.717) is 5.92 Å². The van der Waals surface area contributed by atoms with Crippen LogP contribution < -0.4 is 5.32 Å². The number of aliphatic carboxylic acids is 1. The van der Waals surface area contributed by atoms with Crippen LogP contribution in [0, 0.1) is 0 Å². The summed E-state index contributed by atoms with van der Waals surface area (Å²) in [6.07, 6.45) is 1.04. The molecule has 2 N–H and O–H groups in total. The third kappa shape index (κ3) is 4.83. The third-order valence-electron chi connectivity index (χ3n) is 3.35. The average Bonchev–Trinajstić information content (AvgIpc) is 2.86. The van der Waals surface area contributed by atoms with Crippen molar-refractivity contribution in [2.45, 2.75) is 12.3 Å². The zero-order valence-corrected chi connectivity index (χ0v) is 11.9. The number of benzene rings is 1. The molecule has 0 spiro atoms. The molecule has 1 aliphatic rings. The molecule has 1 heterocycles. The Morgan fingerprint density at radius 1 is 1.30 bits per heavy atom. The first-order valence-corrected chi connectivity index (χ1v) is 6.41. The minimum Gasteiger partial charge on any atom is -0.480 e. The van der Waals surface area contributed by atoms with Crippen LogP contribution in [0.25, 0.3) is 0 Å². The Morgan fingerprint density at radius 2 is 2.00 bits per heavy atom. The highest BCUT2D eigenvalue weighted by molar-refractivity contribution is 5.85. The second-order valence-corrected chi connectivity index (χ2v) is 4.80. The highest BCUT2D eigenvalue weighted by atomic mass is 35.5. The number of likely N-dealkylation sites (tertiary alicyclic amines) is 1. The molecule has 5 nitrogen and oxygen atoms in total. The van der Waals surface area contributed by atoms with Crippen molar-refractivity contribution in [1.29, 1.82) is 0 Å². The lowest BCUT2D eigenvalue weighted by molar-refractivity contribution is -0.138. The maximum atomic E-state index is 11.5. The fraction of sp³-hybridized carbons (Fsp3) is 0.429. The van der Waals surface area contributed by atoms with E-state index in [1.807, 2.05) is 18.2 Å². The number of hydrogen-bond donors (Lipinski definition) is 2. The maximum absolute atomic E-state index is 11.5. The Morgan fingerprint density at radius 3 is 2.65 bits per heavy atom. The van der Waals surface area contributed by atoms with Gasteiger partial charge in [0.25, 0.3) is 0 Å². The number of halogens is 1. The van der Waals surface area contributed by atoms with Crippen molar-refractivity contribution in [2.75, 3.05) is 26.2 Å². The molecule has 0 aliphatic carbocycles. The summed E-state index contributed by atoms with van der Waals surface area (Å²) < 4.78 is 0. The number of nitrogens with one attached hydrogen (secondary N) is 1. The Bertz CT molecular complexity index is 453. The fourth-order valence-corrected chi connectivity index (χ4v) is 2.41. The van der Waals surface area contributed by atoms with Gasteiger partial charge in [-0.1, -0.05) is 30.3 Å². The SMILES string of the molecule is Cl.O=C(O)CNC(=O)CN1CCC(c2ccccc2)C1. The van der Waals surface area contributed by atoms with Crippen LogP contribution in [0.5, 0.6) is 0 Å². The lowest BCUT2D eigenvalue weighted by Gasteiger charge is -2.15. The molecule has 1 fully saturated rings. The standard InChI is InChI=1S/C14H18N2O3.ClH/c17-13(15-8-14(18)19)10-16-7-6-12(9-16)11-4-2-1-3-5-11;/h1-5,12H,6-10H2,(H,15,17)(H,18,19);1H. The highest BCUT2D eigenvalue weighted by Gasteiger charge is 2.24. The van der Waals surface area contributed by atoms with E-state index in [2.05, 4.69) is 22.3 Å². The van der Waals surface area contributed by atoms with Gasteiger partial charge in [0.2, 0.25) is 5.91 Å². The molecule has 0 radical (unpaired) electrons. The molecule has 1 unspecified atom stereocenters. The molecular formula is C14H19ClN2O3. The van der Waals surface area contributed by atoms with Gasteiger partial charge in [-0.3, -0.25) is 14.5 Å². The zero-order valence-electron chi connectivity index (χ0n) is 11.1. The first-order valence-electron chi connectivity index (χ1n) is 6.41. The van der Waals surface area contributed by atoms with Gasteiger partial charge in [-0.15, -0.1) is 12.4 Å². The van der Waals surface area contributed by atoms with E-state index in [1.54, 1.807) is 0 Å². The molecule has 0 aromatic heterocycles.